The maximum absolute atomic E-state index is 12.1. The highest BCUT2D eigenvalue weighted by Gasteiger charge is 2.21. The number of benzene rings is 1. The van der Waals surface area contributed by atoms with Gasteiger partial charge in [0.25, 0.3) is 5.91 Å². The zero-order valence-corrected chi connectivity index (χ0v) is 10.9. The Kier molecular flexibility index (Phi) is 3.87. The molecule has 18 heavy (non-hydrogen) atoms. The molecule has 1 saturated heterocycles. The number of piperidine rings is 1. The Morgan fingerprint density at radius 1 is 1.50 bits per heavy atom. The van der Waals surface area contributed by atoms with Crippen LogP contribution in [0.1, 0.15) is 35.7 Å². The molecule has 1 amide bonds. The zero-order chi connectivity index (χ0) is 13.1. The van der Waals surface area contributed by atoms with E-state index in [1.807, 2.05) is 6.92 Å². The fraction of sp³-hybridized carbons (Fsp3) is 0.500. The van der Waals surface area contributed by atoms with Crippen LogP contribution in [-0.2, 0) is 0 Å². The first-order chi connectivity index (χ1) is 8.56. The maximum Gasteiger partial charge on any atom is 0.255 e. The number of aryl methyl sites for hydroxylation is 1. The van der Waals surface area contributed by atoms with Gasteiger partial charge in [-0.2, -0.15) is 0 Å². The summed E-state index contributed by atoms with van der Waals surface area (Å²) in [6, 6.07) is 5.69. The molecular formula is C14H20N2O2. The minimum absolute atomic E-state index is 0.0417. The fourth-order valence-corrected chi connectivity index (χ4v) is 2.36. The number of carbonyl (C=O) groups is 1. The molecule has 3 N–H and O–H groups in total. The quantitative estimate of drug-likeness (QED) is 0.744. The van der Waals surface area contributed by atoms with Crippen molar-refractivity contribution in [3.05, 3.63) is 29.3 Å². The molecule has 0 saturated carbocycles. The standard InChI is InChI=1S/C14H20N2O2/c1-9-3-4-13(17)12(7-9)14(18)16-11-5-6-15-10(2)8-11/h3-4,7,10-11,15,17H,5-6,8H2,1-2H3,(H,16,18). The molecule has 2 rings (SSSR count). The third kappa shape index (κ3) is 3.01. The van der Waals surface area contributed by atoms with Gasteiger partial charge in [-0.3, -0.25) is 4.79 Å². The molecule has 4 heteroatoms. The number of carbonyl (C=O) groups excluding carboxylic acids is 1. The third-order valence-electron chi connectivity index (χ3n) is 3.36. The number of rotatable bonds is 2. The molecular weight excluding hydrogens is 228 g/mol. The van der Waals surface area contributed by atoms with Gasteiger partial charge in [0, 0.05) is 12.1 Å². The van der Waals surface area contributed by atoms with E-state index in [1.165, 1.54) is 0 Å². The minimum Gasteiger partial charge on any atom is -0.507 e. The highest BCUT2D eigenvalue weighted by molar-refractivity contribution is 5.97. The molecule has 2 unspecified atom stereocenters. The van der Waals surface area contributed by atoms with Crippen LogP contribution in [0.4, 0.5) is 0 Å². The molecule has 0 aliphatic carbocycles. The molecule has 4 nitrogen and oxygen atoms in total. The van der Waals surface area contributed by atoms with Crippen molar-refractivity contribution in [3.63, 3.8) is 0 Å². The normalized spacial score (nSPS) is 23.7. The van der Waals surface area contributed by atoms with Gasteiger partial charge in [0.05, 0.1) is 5.56 Å². The van der Waals surface area contributed by atoms with Gasteiger partial charge in [-0.1, -0.05) is 11.6 Å². The molecule has 1 aromatic carbocycles. The monoisotopic (exact) mass is 248 g/mol. The van der Waals surface area contributed by atoms with Crippen molar-refractivity contribution in [2.24, 2.45) is 0 Å². The average molecular weight is 248 g/mol. The second kappa shape index (κ2) is 5.40. The summed E-state index contributed by atoms with van der Waals surface area (Å²) in [7, 11) is 0. The van der Waals surface area contributed by atoms with E-state index in [0.29, 0.717) is 11.6 Å². The summed E-state index contributed by atoms with van der Waals surface area (Å²) in [6.07, 6.45) is 1.86. The van der Waals surface area contributed by atoms with Crippen LogP contribution >= 0.6 is 0 Å². The molecule has 98 valence electrons. The second-order valence-corrected chi connectivity index (χ2v) is 5.07. The summed E-state index contributed by atoms with van der Waals surface area (Å²) >= 11 is 0. The number of hydrogen-bond donors (Lipinski definition) is 3. The Morgan fingerprint density at radius 3 is 3.00 bits per heavy atom. The number of amides is 1. The van der Waals surface area contributed by atoms with Gasteiger partial charge in [0.15, 0.2) is 0 Å². The Balaban J connectivity index is 2.05. The third-order valence-corrected chi connectivity index (χ3v) is 3.36. The van der Waals surface area contributed by atoms with Crippen LogP contribution in [0.25, 0.3) is 0 Å². The molecule has 0 spiro atoms. The van der Waals surface area contributed by atoms with Crippen molar-refractivity contribution in [1.82, 2.24) is 10.6 Å². The average Bonchev–Trinajstić information content (AvgIpc) is 2.32. The van der Waals surface area contributed by atoms with E-state index in [9.17, 15) is 9.90 Å². The molecule has 0 aromatic heterocycles. The Hall–Kier alpha value is -1.55. The predicted molar refractivity (Wildman–Crippen MR) is 70.8 cm³/mol. The first kappa shape index (κ1) is 12.9. The van der Waals surface area contributed by atoms with E-state index in [0.717, 1.165) is 24.9 Å². The Morgan fingerprint density at radius 2 is 2.28 bits per heavy atom. The van der Waals surface area contributed by atoms with Crippen molar-refractivity contribution in [2.75, 3.05) is 6.54 Å². The largest absolute Gasteiger partial charge is 0.507 e. The molecule has 1 aromatic rings. The van der Waals surface area contributed by atoms with Gasteiger partial charge in [-0.15, -0.1) is 0 Å². The summed E-state index contributed by atoms with van der Waals surface area (Å²) in [5, 5.41) is 16.1. The summed E-state index contributed by atoms with van der Waals surface area (Å²) in [5.74, 6) is -0.143. The van der Waals surface area contributed by atoms with Gasteiger partial charge in [0.1, 0.15) is 5.75 Å². The lowest BCUT2D eigenvalue weighted by Crippen LogP contribution is -2.46. The number of hydrogen-bond acceptors (Lipinski definition) is 3. The van der Waals surface area contributed by atoms with Gasteiger partial charge in [0.2, 0.25) is 0 Å². The smallest absolute Gasteiger partial charge is 0.255 e. The zero-order valence-electron chi connectivity index (χ0n) is 10.9. The molecule has 1 fully saturated rings. The van der Waals surface area contributed by atoms with Crippen molar-refractivity contribution < 1.29 is 9.90 Å². The van der Waals surface area contributed by atoms with Crippen LogP contribution in [-0.4, -0.2) is 29.6 Å². The molecule has 2 atom stereocenters. The van der Waals surface area contributed by atoms with Crippen molar-refractivity contribution in [1.29, 1.82) is 0 Å². The Labute approximate surface area is 107 Å². The predicted octanol–water partition coefficient (Wildman–Crippen LogP) is 1.57. The first-order valence-corrected chi connectivity index (χ1v) is 6.40. The van der Waals surface area contributed by atoms with E-state index in [-0.39, 0.29) is 17.7 Å². The van der Waals surface area contributed by atoms with E-state index in [1.54, 1.807) is 18.2 Å². The van der Waals surface area contributed by atoms with Crippen molar-refractivity contribution in [2.45, 2.75) is 38.8 Å². The lowest BCUT2D eigenvalue weighted by Gasteiger charge is -2.28. The van der Waals surface area contributed by atoms with E-state index >= 15 is 0 Å². The minimum atomic E-state index is -0.185. The fourth-order valence-electron chi connectivity index (χ4n) is 2.36. The van der Waals surface area contributed by atoms with Crippen molar-refractivity contribution in [3.8, 4) is 5.75 Å². The lowest BCUT2D eigenvalue weighted by atomic mass is 10.00. The second-order valence-electron chi connectivity index (χ2n) is 5.07. The van der Waals surface area contributed by atoms with E-state index < -0.39 is 0 Å². The molecule has 1 aliphatic heterocycles. The number of aromatic hydroxyl groups is 1. The van der Waals surface area contributed by atoms with Crippen LogP contribution in [0.3, 0.4) is 0 Å². The van der Waals surface area contributed by atoms with Crippen LogP contribution in [0, 0.1) is 6.92 Å². The number of phenolic OH excluding ortho intramolecular Hbond substituents is 1. The van der Waals surface area contributed by atoms with Crippen LogP contribution in [0.15, 0.2) is 18.2 Å². The van der Waals surface area contributed by atoms with Crippen LogP contribution in [0.5, 0.6) is 5.75 Å². The van der Waals surface area contributed by atoms with Gasteiger partial charge < -0.3 is 15.7 Å². The van der Waals surface area contributed by atoms with Crippen LogP contribution < -0.4 is 10.6 Å². The van der Waals surface area contributed by atoms with E-state index in [4.69, 9.17) is 0 Å². The molecule has 0 bridgehead atoms. The molecule has 0 radical (unpaired) electrons. The van der Waals surface area contributed by atoms with Gasteiger partial charge in [-0.25, -0.2) is 0 Å². The van der Waals surface area contributed by atoms with Crippen LogP contribution in [0.2, 0.25) is 0 Å². The maximum atomic E-state index is 12.1. The van der Waals surface area contributed by atoms with Gasteiger partial charge >= 0.3 is 0 Å². The Bertz CT molecular complexity index is 445. The SMILES string of the molecule is Cc1ccc(O)c(C(=O)NC2CCNC(C)C2)c1. The summed E-state index contributed by atoms with van der Waals surface area (Å²) in [4.78, 5) is 12.1. The van der Waals surface area contributed by atoms with Crippen molar-refractivity contribution >= 4 is 5.91 Å². The summed E-state index contributed by atoms with van der Waals surface area (Å²) < 4.78 is 0. The summed E-state index contributed by atoms with van der Waals surface area (Å²) in [6.45, 7) is 4.94. The molecule has 1 aliphatic rings. The van der Waals surface area contributed by atoms with Gasteiger partial charge in [-0.05, 0) is 45.4 Å². The first-order valence-electron chi connectivity index (χ1n) is 6.40. The number of nitrogens with one attached hydrogen (secondary N) is 2. The van der Waals surface area contributed by atoms with E-state index in [2.05, 4.69) is 17.6 Å². The highest BCUT2D eigenvalue weighted by Crippen LogP contribution is 2.19. The highest BCUT2D eigenvalue weighted by atomic mass is 16.3. The summed E-state index contributed by atoms with van der Waals surface area (Å²) in [5.41, 5.74) is 1.33. The number of phenols is 1. The topological polar surface area (TPSA) is 61.4 Å². The lowest BCUT2D eigenvalue weighted by molar-refractivity contribution is 0.0923. The molecule has 1 heterocycles.